The molecule has 0 fully saturated rings. The van der Waals surface area contributed by atoms with Gasteiger partial charge in [0.05, 0.1) is 22.6 Å². The molecule has 0 heterocycles. The third kappa shape index (κ3) is 4.25. The van der Waals surface area contributed by atoms with Crippen molar-refractivity contribution in [1.82, 2.24) is 0 Å². The van der Waals surface area contributed by atoms with Gasteiger partial charge in [0.1, 0.15) is 6.54 Å². The molecule has 0 aliphatic carbocycles. The Morgan fingerprint density at radius 1 is 1.11 bits per heavy atom. The van der Waals surface area contributed by atoms with E-state index in [1.807, 2.05) is 6.07 Å². The number of nitrogens with zero attached hydrogens (tertiary/aromatic N) is 2. The van der Waals surface area contributed by atoms with Crippen LogP contribution in [0.4, 0.5) is 11.4 Å². The van der Waals surface area contributed by atoms with E-state index in [1.165, 1.54) is 19.1 Å². The molecule has 0 N–H and O–H groups in total. The van der Waals surface area contributed by atoms with Crippen LogP contribution in [0.25, 0.3) is 0 Å². The van der Waals surface area contributed by atoms with Crippen molar-refractivity contribution in [3.63, 3.8) is 0 Å². The van der Waals surface area contributed by atoms with E-state index in [0.29, 0.717) is 16.8 Å². The Kier molecular flexibility index (Phi) is 5.85. The zero-order valence-corrected chi connectivity index (χ0v) is 16.2. The molecule has 0 saturated carbocycles. The molecule has 0 aliphatic rings. The van der Waals surface area contributed by atoms with Crippen LogP contribution in [0.1, 0.15) is 16.7 Å². The summed E-state index contributed by atoms with van der Waals surface area (Å²) in [5, 5.41) is 11.2. The van der Waals surface area contributed by atoms with Gasteiger partial charge < -0.3 is 4.74 Å². The third-order valence-corrected chi connectivity index (χ3v) is 5.85. The summed E-state index contributed by atoms with van der Waals surface area (Å²) in [5.41, 5.74) is 1.77. The molecule has 0 atom stereocenters. The van der Waals surface area contributed by atoms with Crippen LogP contribution in [0, 0.1) is 30.9 Å². The van der Waals surface area contributed by atoms with Crippen molar-refractivity contribution in [1.29, 1.82) is 0 Å². The number of hydrogen-bond donors (Lipinski definition) is 0. The van der Waals surface area contributed by atoms with Crippen molar-refractivity contribution in [2.24, 2.45) is 0 Å². The second-order valence-electron chi connectivity index (χ2n) is 6.08. The Bertz CT molecular complexity index is 1000. The molecule has 0 saturated heterocycles. The molecule has 2 rings (SSSR count). The molecule has 0 aliphatic heterocycles. The fraction of sp³-hybridized carbons (Fsp3) is 0.278. The van der Waals surface area contributed by atoms with Crippen molar-refractivity contribution in [2.75, 3.05) is 18.0 Å². The summed E-state index contributed by atoms with van der Waals surface area (Å²) in [6.07, 6.45) is 0. The van der Waals surface area contributed by atoms with Gasteiger partial charge in [0.2, 0.25) is 0 Å². The number of nitro groups is 1. The van der Waals surface area contributed by atoms with E-state index in [0.717, 1.165) is 23.0 Å². The van der Waals surface area contributed by atoms with Crippen molar-refractivity contribution in [3.05, 3.63) is 63.2 Å². The highest BCUT2D eigenvalue weighted by Gasteiger charge is 2.30. The first kappa shape index (κ1) is 20.4. The monoisotopic (exact) mass is 392 g/mol. The number of carbonyl (C=O) groups is 1. The van der Waals surface area contributed by atoms with Gasteiger partial charge in [-0.1, -0.05) is 18.2 Å². The number of esters is 1. The second kappa shape index (κ2) is 7.75. The zero-order valence-electron chi connectivity index (χ0n) is 15.4. The van der Waals surface area contributed by atoms with Gasteiger partial charge >= 0.3 is 5.97 Å². The topological polar surface area (TPSA) is 107 Å². The summed E-state index contributed by atoms with van der Waals surface area (Å²) in [5.74, 6) is -0.749. The highest BCUT2D eigenvalue weighted by atomic mass is 32.2. The van der Waals surface area contributed by atoms with E-state index in [-0.39, 0.29) is 10.6 Å². The Hall–Kier alpha value is -2.94. The van der Waals surface area contributed by atoms with Gasteiger partial charge in [0, 0.05) is 11.6 Å². The molecule has 0 spiro atoms. The van der Waals surface area contributed by atoms with Crippen LogP contribution in [-0.2, 0) is 19.6 Å². The first-order valence-corrected chi connectivity index (χ1v) is 9.43. The van der Waals surface area contributed by atoms with Gasteiger partial charge in [-0.05, 0) is 44.0 Å². The number of rotatable bonds is 6. The number of anilines is 1. The van der Waals surface area contributed by atoms with Crippen LogP contribution in [0.2, 0.25) is 0 Å². The molecule has 0 amide bonds. The molecule has 0 aromatic heterocycles. The summed E-state index contributed by atoms with van der Waals surface area (Å²) >= 11 is 0. The summed E-state index contributed by atoms with van der Waals surface area (Å²) in [6, 6.07) is 8.84. The summed E-state index contributed by atoms with van der Waals surface area (Å²) in [6.45, 7) is 4.48. The minimum absolute atomic E-state index is 0.274. The first-order valence-electron chi connectivity index (χ1n) is 7.99. The average Bonchev–Trinajstić information content (AvgIpc) is 2.61. The molecule has 2 aromatic rings. The van der Waals surface area contributed by atoms with E-state index >= 15 is 0 Å². The summed E-state index contributed by atoms with van der Waals surface area (Å²) in [4.78, 5) is 22.1. The van der Waals surface area contributed by atoms with Gasteiger partial charge in [0.25, 0.3) is 15.7 Å². The van der Waals surface area contributed by atoms with Crippen LogP contribution in [0.15, 0.2) is 41.3 Å². The van der Waals surface area contributed by atoms with Crippen LogP contribution >= 0.6 is 0 Å². The summed E-state index contributed by atoms with van der Waals surface area (Å²) < 4.78 is 32.0. The van der Waals surface area contributed by atoms with Gasteiger partial charge in [-0.3, -0.25) is 19.2 Å². The standard InChI is InChI=1S/C18H20N2O6S/c1-12-5-6-13(2)16(9-12)19(11-18(21)26-4)27(24,25)15-8-7-14(3)17(10-15)20(22)23/h5-10H,11H2,1-4H3. The molecular weight excluding hydrogens is 372 g/mol. The van der Waals surface area contributed by atoms with E-state index in [1.54, 1.807) is 26.0 Å². The van der Waals surface area contributed by atoms with Crippen LogP contribution in [0.3, 0.4) is 0 Å². The largest absolute Gasteiger partial charge is 0.468 e. The summed E-state index contributed by atoms with van der Waals surface area (Å²) in [7, 11) is -3.08. The number of hydrogen-bond acceptors (Lipinski definition) is 6. The minimum atomic E-state index is -4.24. The number of carbonyl (C=O) groups excluding carboxylic acids is 1. The Balaban J connectivity index is 2.67. The SMILES string of the molecule is COC(=O)CN(c1cc(C)ccc1C)S(=O)(=O)c1ccc(C)c([N+](=O)[O-])c1. The maximum atomic E-state index is 13.2. The van der Waals surface area contributed by atoms with Crippen molar-refractivity contribution in [3.8, 4) is 0 Å². The van der Waals surface area contributed by atoms with E-state index < -0.39 is 27.5 Å². The van der Waals surface area contributed by atoms with Crippen molar-refractivity contribution >= 4 is 27.4 Å². The second-order valence-corrected chi connectivity index (χ2v) is 7.95. The normalized spacial score (nSPS) is 11.1. The minimum Gasteiger partial charge on any atom is -0.468 e. The third-order valence-electron chi connectivity index (χ3n) is 4.10. The Morgan fingerprint density at radius 3 is 2.33 bits per heavy atom. The number of nitro benzene ring substituents is 1. The molecular formula is C18H20N2O6S. The van der Waals surface area contributed by atoms with E-state index in [4.69, 9.17) is 0 Å². The molecule has 8 nitrogen and oxygen atoms in total. The first-order chi connectivity index (χ1) is 12.6. The predicted octanol–water partition coefficient (Wildman–Crippen LogP) is 2.89. The number of sulfonamides is 1. The zero-order chi connectivity index (χ0) is 20.4. The van der Waals surface area contributed by atoms with Crippen LogP contribution in [0.5, 0.6) is 0 Å². The molecule has 144 valence electrons. The highest BCUT2D eigenvalue weighted by molar-refractivity contribution is 7.92. The van der Waals surface area contributed by atoms with Gasteiger partial charge in [-0.2, -0.15) is 0 Å². The lowest BCUT2D eigenvalue weighted by Crippen LogP contribution is -2.36. The number of methoxy groups -OCH3 is 1. The molecule has 9 heteroatoms. The lowest BCUT2D eigenvalue weighted by Gasteiger charge is -2.25. The van der Waals surface area contributed by atoms with Crippen LogP contribution < -0.4 is 4.31 Å². The van der Waals surface area contributed by atoms with Gasteiger partial charge in [0.15, 0.2) is 0 Å². The maximum absolute atomic E-state index is 13.2. The molecule has 27 heavy (non-hydrogen) atoms. The van der Waals surface area contributed by atoms with Gasteiger partial charge in [-0.15, -0.1) is 0 Å². The van der Waals surface area contributed by atoms with E-state index in [2.05, 4.69) is 4.74 Å². The lowest BCUT2D eigenvalue weighted by atomic mass is 10.1. The van der Waals surface area contributed by atoms with Crippen molar-refractivity contribution in [2.45, 2.75) is 25.7 Å². The molecule has 2 aromatic carbocycles. The number of ether oxygens (including phenoxy) is 1. The quantitative estimate of drug-likeness (QED) is 0.425. The predicted molar refractivity (Wildman–Crippen MR) is 100 cm³/mol. The average molecular weight is 392 g/mol. The lowest BCUT2D eigenvalue weighted by molar-refractivity contribution is -0.385. The van der Waals surface area contributed by atoms with Gasteiger partial charge in [-0.25, -0.2) is 8.42 Å². The smallest absolute Gasteiger partial charge is 0.326 e. The fourth-order valence-corrected chi connectivity index (χ4v) is 4.03. The Labute approximate surface area is 157 Å². The van der Waals surface area contributed by atoms with Crippen molar-refractivity contribution < 1.29 is 22.9 Å². The maximum Gasteiger partial charge on any atom is 0.326 e. The number of aryl methyl sites for hydroxylation is 3. The highest BCUT2D eigenvalue weighted by Crippen LogP contribution is 2.30. The number of benzene rings is 2. The van der Waals surface area contributed by atoms with E-state index in [9.17, 15) is 23.3 Å². The molecule has 0 bridgehead atoms. The van der Waals surface area contributed by atoms with Crippen LogP contribution in [-0.4, -0.2) is 33.0 Å². The Morgan fingerprint density at radius 2 is 1.74 bits per heavy atom. The molecule has 0 radical (unpaired) electrons. The fourth-order valence-electron chi connectivity index (χ4n) is 2.54. The molecule has 0 unspecified atom stereocenters.